The van der Waals surface area contributed by atoms with Gasteiger partial charge in [-0.1, -0.05) is 24.3 Å². The highest BCUT2D eigenvalue weighted by molar-refractivity contribution is 5.68. The largest absolute Gasteiger partial charge is 0.481 e. The lowest BCUT2D eigenvalue weighted by Crippen LogP contribution is -2.16. The van der Waals surface area contributed by atoms with Gasteiger partial charge in [0.25, 0.3) is 5.92 Å². The number of hydrogen-bond acceptors (Lipinski definition) is 1. The number of benzene rings is 1. The minimum Gasteiger partial charge on any atom is -0.481 e. The molecule has 1 aromatic rings. The molecule has 0 aromatic heterocycles. The molecule has 1 saturated carbocycles. The normalized spacial score (nSPS) is 17.5. The SMILES string of the molecule is CC(F)(F)c1ccccc1C(CC(=O)O)C1CC1. The van der Waals surface area contributed by atoms with Crippen LogP contribution in [0.25, 0.3) is 0 Å². The van der Waals surface area contributed by atoms with E-state index in [2.05, 4.69) is 0 Å². The first kappa shape index (κ1) is 13.0. The van der Waals surface area contributed by atoms with E-state index in [1.54, 1.807) is 18.2 Å². The van der Waals surface area contributed by atoms with Gasteiger partial charge >= 0.3 is 5.97 Å². The van der Waals surface area contributed by atoms with Crippen LogP contribution < -0.4 is 0 Å². The van der Waals surface area contributed by atoms with Crippen LogP contribution in [0.3, 0.4) is 0 Å². The molecule has 0 aliphatic heterocycles. The minimum absolute atomic E-state index is 0.0387. The average molecular weight is 254 g/mol. The lowest BCUT2D eigenvalue weighted by atomic mass is 9.86. The fraction of sp³-hybridized carbons (Fsp3) is 0.500. The number of carboxylic acids is 1. The molecular weight excluding hydrogens is 238 g/mol. The maximum absolute atomic E-state index is 13.5. The van der Waals surface area contributed by atoms with Crippen LogP contribution in [-0.4, -0.2) is 11.1 Å². The van der Waals surface area contributed by atoms with Crippen molar-refractivity contribution in [1.82, 2.24) is 0 Å². The average Bonchev–Trinajstić information content (AvgIpc) is 3.08. The summed E-state index contributed by atoms with van der Waals surface area (Å²) in [6, 6.07) is 6.30. The summed E-state index contributed by atoms with van der Waals surface area (Å²) in [6.45, 7) is 0.858. The Morgan fingerprint density at radius 1 is 1.44 bits per heavy atom. The molecule has 4 heteroatoms. The summed E-state index contributed by atoms with van der Waals surface area (Å²) >= 11 is 0. The molecule has 98 valence electrons. The maximum atomic E-state index is 13.5. The standard InChI is InChI=1S/C14H16F2O2/c1-14(15,16)12-5-3-2-4-10(12)11(8-13(17)18)9-6-7-9/h2-5,9,11H,6-8H2,1H3,(H,17,18). The first-order valence-electron chi connectivity index (χ1n) is 6.08. The number of rotatable bonds is 5. The third kappa shape index (κ3) is 2.86. The summed E-state index contributed by atoms with van der Waals surface area (Å²) < 4.78 is 27.1. The third-order valence-corrected chi connectivity index (χ3v) is 3.42. The highest BCUT2D eigenvalue weighted by atomic mass is 19.3. The molecule has 1 aromatic carbocycles. The summed E-state index contributed by atoms with van der Waals surface area (Å²) in [6.07, 6.45) is 1.79. The number of carboxylic acid groups (broad SMARTS) is 1. The zero-order valence-electron chi connectivity index (χ0n) is 10.2. The molecule has 1 fully saturated rings. The molecule has 1 aliphatic rings. The van der Waals surface area contributed by atoms with Gasteiger partial charge in [-0.2, -0.15) is 0 Å². The number of carbonyl (C=O) groups is 1. The van der Waals surface area contributed by atoms with Crippen molar-refractivity contribution in [2.45, 2.75) is 38.0 Å². The van der Waals surface area contributed by atoms with E-state index < -0.39 is 11.9 Å². The molecule has 2 nitrogen and oxygen atoms in total. The number of alkyl halides is 2. The predicted octanol–water partition coefficient (Wildman–Crippen LogP) is 3.77. The van der Waals surface area contributed by atoms with Crippen molar-refractivity contribution in [2.75, 3.05) is 0 Å². The molecule has 18 heavy (non-hydrogen) atoms. The highest BCUT2D eigenvalue weighted by Crippen LogP contribution is 2.47. The second kappa shape index (κ2) is 4.67. The number of aliphatic carboxylic acids is 1. The van der Waals surface area contributed by atoms with Crippen LogP contribution >= 0.6 is 0 Å². The summed E-state index contributed by atoms with van der Waals surface area (Å²) in [7, 11) is 0. The van der Waals surface area contributed by atoms with Crippen LogP contribution in [0.1, 0.15) is 43.2 Å². The van der Waals surface area contributed by atoms with Crippen LogP contribution in [0, 0.1) is 5.92 Å². The van der Waals surface area contributed by atoms with Crippen molar-refractivity contribution in [3.05, 3.63) is 35.4 Å². The second-order valence-corrected chi connectivity index (χ2v) is 5.02. The van der Waals surface area contributed by atoms with Crippen LogP contribution in [0.4, 0.5) is 8.78 Å². The Balaban J connectivity index is 2.38. The van der Waals surface area contributed by atoms with Crippen LogP contribution in [0.5, 0.6) is 0 Å². The fourth-order valence-corrected chi connectivity index (χ4v) is 2.44. The zero-order chi connectivity index (χ0) is 13.3. The van der Waals surface area contributed by atoms with Gasteiger partial charge in [0.15, 0.2) is 0 Å². The molecule has 1 unspecified atom stereocenters. The summed E-state index contributed by atoms with van der Waals surface area (Å²) in [5, 5.41) is 8.93. The lowest BCUT2D eigenvalue weighted by Gasteiger charge is -2.22. The molecule has 0 saturated heterocycles. The van der Waals surface area contributed by atoms with Crippen LogP contribution in [0.15, 0.2) is 24.3 Å². The number of halogens is 2. The van der Waals surface area contributed by atoms with E-state index >= 15 is 0 Å². The Morgan fingerprint density at radius 3 is 2.56 bits per heavy atom. The summed E-state index contributed by atoms with van der Waals surface area (Å²) in [5.74, 6) is -3.90. The van der Waals surface area contributed by atoms with E-state index in [0.717, 1.165) is 19.8 Å². The predicted molar refractivity (Wildman–Crippen MR) is 63.7 cm³/mol. The topological polar surface area (TPSA) is 37.3 Å². The molecule has 1 atom stereocenters. The second-order valence-electron chi connectivity index (χ2n) is 5.02. The van der Waals surface area contributed by atoms with Crippen LogP contribution in [0.2, 0.25) is 0 Å². The third-order valence-electron chi connectivity index (χ3n) is 3.42. The number of hydrogen-bond donors (Lipinski definition) is 1. The van der Waals surface area contributed by atoms with E-state index in [0.29, 0.717) is 5.56 Å². The van der Waals surface area contributed by atoms with Gasteiger partial charge in [0, 0.05) is 12.5 Å². The zero-order valence-corrected chi connectivity index (χ0v) is 10.2. The smallest absolute Gasteiger partial charge is 0.303 e. The summed E-state index contributed by atoms with van der Waals surface area (Å²) in [5.41, 5.74) is 0.457. The molecule has 2 rings (SSSR count). The van der Waals surface area contributed by atoms with Gasteiger partial charge in [0.2, 0.25) is 0 Å². The van der Waals surface area contributed by atoms with Gasteiger partial charge in [-0.15, -0.1) is 0 Å². The van der Waals surface area contributed by atoms with Gasteiger partial charge in [-0.25, -0.2) is 8.78 Å². The van der Waals surface area contributed by atoms with Gasteiger partial charge < -0.3 is 5.11 Å². The maximum Gasteiger partial charge on any atom is 0.303 e. The van der Waals surface area contributed by atoms with Crippen molar-refractivity contribution in [1.29, 1.82) is 0 Å². The van der Waals surface area contributed by atoms with Gasteiger partial charge in [0.1, 0.15) is 0 Å². The van der Waals surface area contributed by atoms with Crippen molar-refractivity contribution in [3.63, 3.8) is 0 Å². The van der Waals surface area contributed by atoms with Crippen molar-refractivity contribution in [2.24, 2.45) is 5.92 Å². The molecule has 1 aliphatic carbocycles. The van der Waals surface area contributed by atoms with E-state index in [1.807, 2.05) is 0 Å². The van der Waals surface area contributed by atoms with Gasteiger partial charge in [0.05, 0.1) is 6.42 Å². The first-order chi connectivity index (χ1) is 8.39. The Labute approximate surface area is 105 Å². The Bertz CT molecular complexity index is 447. The van der Waals surface area contributed by atoms with E-state index in [-0.39, 0.29) is 23.8 Å². The van der Waals surface area contributed by atoms with Crippen molar-refractivity contribution >= 4 is 5.97 Å². The Kier molecular flexibility index (Phi) is 3.37. The van der Waals surface area contributed by atoms with E-state index in [9.17, 15) is 13.6 Å². The fourth-order valence-electron chi connectivity index (χ4n) is 2.44. The van der Waals surface area contributed by atoms with E-state index in [4.69, 9.17) is 5.11 Å². The first-order valence-corrected chi connectivity index (χ1v) is 6.08. The quantitative estimate of drug-likeness (QED) is 0.868. The molecule has 0 heterocycles. The highest BCUT2D eigenvalue weighted by Gasteiger charge is 2.38. The monoisotopic (exact) mass is 254 g/mol. The van der Waals surface area contributed by atoms with Gasteiger partial charge in [-0.05, 0) is 30.2 Å². The summed E-state index contributed by atoms with van der Waals surface area (Å²) in [4.78, 5) is 10.9. The molecule has 0 radical (unpaired) electrons. The van der Waals surface area contributed by atoms with E-state index in [1.165, 1.54) is 6.07 Å². The Hall–Kier alpha value is -1.45. The molecule has 0 spiro atoms. The lowest BCUT2D eigenvalue weighted by molar-refractivity contribution is -0.137. The van der Waals surface area contributed by atoms with Crippen molar-refractivity contribution < 1.29 is 18.7 Å². The molecule has 0 amide bonds. The minimum atomic E-state index is -2.93. The Morgan fingerprint density at radius 2 is 2.06 bits per heavy atom. The van der Waals surface area contributed by atoms with Crippen molar-refractivity contribution in [3.8, 4) is 0 Å². The molecular formula is C14H16F2O2. The molecule has 0 bridgehead atoms. The molecule has 1 N–H and O–H groups in total. The van der Waals surface area contributed by atoms with Crippen LogP contribution in [-0.2, 0) is 10.7 Å². The van der Waals surface area contributed by atoms with Gasteiger partial charge in [-0.3, -0.25) is 4.79 Å².